The molecule has 0 aromatic carbocycles. The quantitative estimate of drug-likeness (QED) is 0.0261. The molecule has 0 bridgehead atoms. The highest BCUT2D eigenvalue weighted by Crippen LogP contribution is 2.24. The largest absolute Gasteiger partial charge is 0.394 e. The monoisotopic (exact) mass is 1120 g/mol. The molecule has 470 valence electrons. The third kappa shape index (κ3) is 49.0. The van der Waals surface area contributed by atoms with Gasteiger partial charge in [0.05, 0.1) is 25.4 Å². The van der Waals surface area contributed by atoms with Gasteiger partial charge in [-0.3, -0.25) is 4.79 Å². The van der Waals surface area contributed by atoms with Crippen LogP contribution in [0.4, 0.5) is 0 Å². The van der Waals surface area contributed by atoms with Crippen molar-refractivity contribution in [3.05, 3.63) is 12.2 Å². The number of hydrogen-bond acceptors (Lipinski definition) is 8. The van der Waals surface area contributed by atoms with Crippen LogP contribution in [0.5, 0.6) is 0 Å². The number of nitrogens with one attached hydrogen (secondary N) is 1. The Morgan fingerprint density at radius 3 is 1.03 bits per heavy atom. The minimum absolute atomic E-state index is 0.133. The molecule has 1 fully saturated rings. The van der Waals surface area contributed by atoms with E-state index in [1.54, 1.807) is 0 Å². The molecule has 9 nitrogen and oxygen atoms in total. The summed E-state index contributed by atoms with van der Waals surface area (Å²) in [6.07, 6.45) is 70.0. The predicted octanol–water partition coefficient (Wildman–Crippen LogP) is 19.1. The fourth-order valence-corrected chi connectivity index (χ4v) is 11.8. The first-order valence-electron chi connectivity index (χ1n) is 35.4. The fraction of sp³-hybridized carbons (Fsp3) is 0.957. The third-order valence-corrected chi connectivity index (χ3v) is 17.4. The van der Waals surface area contributed by atoms with Crippen molar-refractivity contribution in [2.75, 3.05) is 13.2 Å². The van der Waals surface area contributed by atoms with Crippen LogP contribution in [-0.4, -0.2) is 87.5 Å². The number of ether oxygens (including phenoxy) is 2. The van der Waals surface area contributed by atoms with E-state index in [-0.39, 0.29) is 12.5 Å². The molecule has 0 aliphatic carbocycles. The zero-order chi connectivity index (χ0) is 57.2. The minimum atomic E-state index is -1.55. The molecule has 1 rings (SSSR count). The maximum atomic E-state index is 13.1. The van der Waals surface area contributed by atoms with Crippen LogP contribution in [0.3, 0.4) is 0 Å². The fourth-order valence-electron chi connectivity index (χ4n) is 11.8. The Morgan fingerprint density at radius 1 is 0.418 bits per heavy atom. The second-order valence-corrected chi connectivity index (χ2v) is 25.0. The lowest BCUT2D eigenvalue weighted by Crippen LogP contribution is -2.60. The molecule has 0 aromatic heterocycles. The predicted molar refractivity (Wildman–Crippen MR) is 337 cm³/mol. The summed E-state index contributed by atoms with van der Waals surface area (Å²) in [6.45, 7) is 3.90. The number of aliphatic hydroxyl groups excluding tert-OH is 5. The van der Waals surface area contributed by atoms with Gasteiger partial charge in [-0.05, 0) is 38.5 Å². The van der Waals surface area contributed by atoms with E-state index in [1.165, 1.54) is 308 Å². The smallest absolute Gasteiger partial charge is 0.220 e. The Balaban J connectivity index is 2.09. The van der Waals surface area contributed by atoms with E-state index in [0.717, 1.165) is 38.5 Å². The third-order valence-electron chi connectivity index (χ3n) is 17.4. The second-order valence-electron chi connectivity index (χ2n) is 25.0. The maximum absolute atomic E-state index is 13.1. The molecule has 1 heterocycles. The van der Waals surface area contributed by atoms with E-state index in [2.05, 4.69) is 31.3 Å². The molecule has 79 heavy (non-hydrogen) atoms. The molecule has 0 radical (unpaired) electrons. The van der Waals surface area contributed by atoms with Crippen molar-refractivity contribution in [2.24, 2.45) is 0 Å². The highest BCUT2D eigenvalue weighted by Gasteiger charge is 2.44. The van der Waals surface area contributed by atoms with Crippen LogP contribution in [-0.2, 0) is 14.3 Å². The molecule has 9 heteroatoms. The van der Waals surface area contributed by atoms with Crippen LogP contribution in [0.25, 0.3) is 0 Å². The molecule has 0 aromatic rings. The lowest BCUT2D eigenvalue weighted by molar-refractivity contribution is -0.302. The molecule has 0 saturated carbocycles. The zero-order valence-corrected chi connectivity index (χ0v) is 52.7. The van der Waals surface area contributed by atoms with E-state index in [0.29, 0.717) is 12.8 Å². The van der Waals surface area contributed by atoms with Crippen molar-refractivity contribution in [1.82, 2.24) is 5.32 Å². The Kier molecular flexibility index (Phi) is 57.7. The Morgan fingerprint density at radius 2 is 0.709 bits per heavy atom. The van der Waals surface area contributed by atoms with Gasteiger partial charge in [-0.2, -0.15) is 0 Å². The first-order valence-corrected chi connectivity index (χ1v) is 35.4. The normalized spacial score (nSPS) is 18.5. The Hall–Kier alpha value is -1.07. The van der Waals surface area contributed by atoms with Crippen LogP contribution in [0.2, 0.25) is 0 Å². The number of rotatable bonds is 63. The molecule has 1 aliphatic heterocycles. The van der Waals surface area contributed by atoms with Crippen LogP contribution >= 0.6 is 0 Å². The van der Waals surface area contributed by atoms with Crippen molar-refractivity contribution in [3.63, 3.8) is 0 Å². The highest BCUT2D eigenvalue weighted by molar-refractivity contribution is 5.76. The van der Waals surface area contributed by atoms with Gasteiger partial charge in [-0.25, -0.2) is 0 Å². The maximum Gasteiger partial charge on any atom is 0.220 e. The number of aliphatic hydroxyl groups is 5. The van der Waals surface area contributed by atoms with E-state index in [4.69, 9.17) is 9.47 Å². The van der Waals surface area contributed by atoms with Crippen molar-refractivity contribution in [2.45, 2.75) is 416 Å². The average Bonchev–Trinajstić information content (AvgIpc) is 3.47. The molecule has 7 unspecified atom stereocenters. The summed E-state index contributed by atoms with van der Waals surface area (Å²) in [7, 11) is 0. The van der Waals surface area contributed by atoms with Crippen molar-refractivity contribution in [3.8, 4) is 0 Å². The van der Waals surface area contributed by atoms with Gasteiger partial charge in [0.15, 0.2) is 6.29 Å². The lowest BCUT2D eigenvalue weighted by atomic mass is 9.99. The minimum Gasteiger partial charge on any atom is -0.394 e. The number of carbonyl (C=O) groups excluding carboxylic acids is 1. The number of allylic oxidation sites excluding steroid dienone is 2. The lowest BCUT2D eigenvalue weighted by Gasteiger charge is -2.40. The standard InChI is InChI=1S/C70H137NO8/c1-3-5-7-9-11-13-15-17-19-21-23-25-27-28-29-30-31-32-33-34-35-36-38-39-41-43-45-47-49-51-53-55-57-59-64(73)63(62-78-70-69(77)68(76)67(75)65(61-72)79-70)71-66(74)60-58-56-54-52-50-48-46-44-42-40-37-26-24-22-20-18-16-14-12-10-8-6-4-2/h22,24,63-65,67-70,72-73,75-77H,3-21,23,25-62H2,1-2H3,(H,71,74)/b24-22-. The summed E-state index contributed by atoms with van der Waals surface area (Å²) in [6, 6.07) is -0.718. The Labute approximate surface area is 490 Å². The first kappa shape index (κ1) is 75.9. The van der Waals surface area contributed by atoms with E-state index >= 15 is 0 Å². The zero-order valence-electron chi connectivity index (χ0n) is 52.7. The van der Waals surface area contributed by atoms with Gasteiger partial charge < -0.3 is 40.3 Å². The van der Waals surface area contributed by atoms with Gasteiger partial charge in [0.1, 0.15) is 24.4 Å². The number of unbranched alkanes of at least 4 members (excludes halogenated alkanes) is 51. The van der Waals surface area contributed by atoms with Crippen LogP contribution < -0.4 is 5.32 Å². The summed E-state index contributed by atoms with van der Waals surface area (Å²) >= 11 is 0. The van der Waals surface area contributed by atoms with E-state index in [9.17, 15) is 30.3 Å². The molecule has 7 atom stereocenters. The molecule has 1 aliphatic rings. The van der Waals surface area contributed by atoms with Crippen molar-refractivity contribution >= 4 is 5.91 Å². The molecular formula is C70H137NO8. The summed E-state index contributed by atoms with van der Waals surface area (Å²) in [5.41, 5.74) is 0. The second kappa shape index (κ2) is 60.1. The van der Waals surface area contributed by atoms with Gasteiger partial charge in [-0.1, -0.05) is 341 Å². The first-order chi connectivity index (χ1) is 38.8. The summed E-state index contributed by atoms with van der Waals surface area (Å²) in [5, 5.41) is 54.9. The number of hydrogen-bond donors (Lipinski definition) is 6. The highest BCUT2D eigenvalue weighted by atomic mass is 16.7. The number of carbonyl (C=O) groups is 1. The SMILES string of the molecule is CCCCCCCCCC/C=C\CCCCCCCCCCCCCC(=O)NC(COC1OC(CO)C(O)C(O)C1O)C(O)CCCCCCCCCCCCCCCCCCCCCCCCCCCCCCCCCCC. The molecule has 6 N–H and O–H groups in total. The van der Waals surface area contributed by atoms with Gasteiger partial charge in [0.25, 0.3) is 0 Å². The van der Waals surface area contributed by atoms with Crippen LogP contribution in [0.15, 0.2) is 12.2 Å². The van der Waals surface area contributed by atoms with Crippen LogP contribution in [0, 0.1) is 0 Å². The summed E-state index contributed by atoms with van der Waals surface area (Å²) in [4.78, 5) is 13.1. The van der Waals surface area contributed by atoms with Crippen LogP contribution in [0.1, 0.15) is 373 Å². The Bertz CT molecular complexity index is 1250. The molecular weight excluding hydrogens is 983 g/mol. The van der Waals surface area contributed by atoms with Crippen molar-refractivity contribution < 1.29 is 39.8 Å². The van der Waals surface area contributed by atoms with Gasteiger partial charge >= 0.3 is 0 Å². The van der Waals surface area contributed by atoms with Crippen molar-refractivity contribution in [1.29, 1.82) is 0 Å². The van der Waals surface area contributed by atoms with Gasteiger partial charge in [0, 0.05) is 6.42 Å². The summed E-state index contributed by atoms with van der Waals surface area (Å²) in [5.74, 6) is -0.137. The number of amides is 1. The topological polar surface area (TPSA) is 149 Å². The average molecular weight is 1120 g/mol. The molecule has 1 amide bonds. The summed E-state index contributed by atoms with van der Waals surface area (Å²) < 4.78 is 11.4. The van der Waals surface area contributed by atoms with Gasteiger partial charge in [-0.15, -0.1) is 0 Å². The van der Waals surface area contributed by atoms with E-state index < -0.39 is 49.5 Å². The molecule has 0 spiro atoms. The van der Waals surface area contributed by atoms with Gasteiger partial charge in [0.2, 0.25) is 5.91 Å². The van der Waals surface area contributed by atoms with E-state index in [1.807, 2.05) is 0 Å². The molecule has 1 saturated heterocycles.